The number of rotatable bonds is 8. The molecular weight excluding hydrogens is 1210 g/mol. The van der Waals surface area contributed by atoms with Gasteiger partial charge in [0.05, 0.1) is 23.7 Å². The van der Waals surface area contributed by atoms with Gasteiger partial charge in [-0.05, 0) is 119 Å². The number of carbonyl (C=O) groups is 11. The van der Waals surface area contributed by atoms with Crippen LogP contribution >= 0.6 is 11.6 Å². The number of halogens is 5. The molecule has 0 radical (unpaired) electrons. The van der Waals surface area contributed by atoms with Crippen molar-refractivity contribution in [2.75, 3.05) is 61.9 Å². The second-order valence-corrected chi connectivity index (χ2v) is 25.8. The summed E-state index contributed by atoms with van der Waals surface area (Å²) in [6.45, 7) is 6.81. The molecule has 4 fully saturated rings. The summed E-state index contributed by atoms with van der Waals surface area (Å²) in [5.41, 5.74) is -2.05. The average Bonchev–Trinajstić information content (AvgIpc) is 2.01. The van der Waals surface area contributed by atoms with Gasteiger partial charge in [-0.2, -0.15) is 13.2 Å². The molecule has 9 atom stereocenters. The highest BCUT2D eigenvalue weighted by atomic mass is 35.5. The zero-order valence-corrected chi connectivity index (χ0v) is 54.8. The molecule has 2 aromatic rings. The van der Waals surface area contributed by atoms with E-state index in [9.17, 15) is 60.7 Å². The number of amides is 11. The van der Waals surface area contributed by atoms with Gasteiger partial charge >= 0.3 is 6.18 Å². The Hall–Kier alpha value is -7.38. The maximum absolute atomic E-state index is 15.2. The predicted molar refractivity (Wildman–Crippen MR) is 329 cm³/mol. The van der Waals surface area contributed by atoms with Gasteiger partial charge in [0.1, 0.15) is 53.6 Å². The van der Waals surface area contributed by atoms with E-state index in [1.54, 1.807) is 20.8 Å². The van der Waals surface area contributed by atoms with E-state index >= 15 is 9.59 Å². The van der Waals surface area contributed by atoms with Crippen LogP contribution in [0.15, 0.2) is 42.5 Å². The van der Waals surface area contributed by atoms with Crippen molar-refractivity contribution in [3.05, 3.63) is 70.0 Å². The first-order chi connectivity index (χ1) is 42.7. The number of fused-ring (bicyclic) bond motifs is 1. The lowest BCUT2D eigenvalue weighted by molar-refractivity contribution is -0.150. The van der Waals surface area contributed by atoms with E-state index in [1.807, 2.05) is 0 Å². The summed E-state index contributed by atoms with van der Waals surface area (Å²) in [5, 5.41) is 10.8. The third-order valence-corrected chi connectivity index (χ3v) is 19.2. The Bertz CT molecular complexity index is 3030. The van der Waals surface area contributed by atoms with Gasteiger partial charge in [-0.25, -0.2) is 4.39 Å². The van der Waals surface area contributed by atoms with Crippen molar-refractivity contribution < 1.29 is 70.3 Å². The molecule has 2 aliphatic heterocycles. The third kappa shape index (κ3) is 17.8. The zero-order chi connectivity index (χ0) is 67.6. The van der Waals surface area contributed by atoms with Gasteiger partial charge in [0.2, 0.25) is 65.0 Å². The van der Waals surface area contributed by atoms with Gasteiger partial charge in [0, 0.05) is 67.7 Å². The Morgan fingerprint density at radius 3 is 1.89 bits per heavy atom. The molecule has 91 heavy (non-hydrogen) atoms. The molecule has 4 aliphatic rings. The molecule has 27 heteroatoms. The van der Waals surface area contributed by atoms with Crippen molar-refractivity contribution >= 4 is 76.6 Å². The van der Waals surface area contributed by atoms with Crippen LogP contribution in [-0.4, -0.2) is 215 Å². The zero-order valence-electron chi connectivity index (χ0n) is 54.1. The standard InChI is InChI=1S/C64H90ClF4N11O11/c1-12-37(2)53-61(90)75(7)35-51(82)74(6)36-52(83)78(10)49(34-42-19-17-22-44(66)32-42)60(89)77(9)40(5)55(84)71-47(27-25-41-24-26-45(46(65)33-41)64(67,68)69)59(88)80-30-18-23-48(80)57(86)73-63(28-15-16-29-63)62(91)79(11)54(43-20-13-14-21-43)58(87)70-38(3)31-50(81)76(8)39(4)56(85)72-53/h17,19,22,24,26,32-33,37-40,43,47-49,53-54H,12-16,18,20-21,23,25,27-31,34-36H2,1-11H3,(H,70,87)(H,71,84)(H,72,85)(H,73,86)/t37?,38-,39+,40-,47+,48+,49+,53+,54+/m1/s1. The smallest absolute Gasteiger partial charge is 0.351 e. The van der Waals surface area contributed by atoms with Crippen LogP contribution in [0.5, 0.6) is 0 Å². The van der Waals surface area contributed by atoms with Gasteiger partial charge in [-0.3, -0.25) is 52.7 Å². The van der Waals surface area contributed by atoms with E-state index in [2.05, 4.69) is 21.3 Å². The van der Waals surface area contributed by atoms with Crippen LogP contribution in [0.3, 0.4) is 0 Å². The van der Waals surface area contributed by atoms with E-state index in [4.69, 9.17) is 11.6 Å². The first-order valence-corrected chi connectivity index (χ1v) is 31.8. The molecule has 0 bridgehead atoms. The summed E-state index contributed by atoms with van der Waals surface area (Å²) >= 11 is 6.11. The fraction of sp³-hybridized carbons (Fsp3) is 0.641. The van der Waals surface area contributed by atoms with Crippen molar-refractivity contribution in [2.45, 2.75) is 191 Å². The molecule has 2 aliphatic carbocycles. The Morgan fingerprint density at radius 2 is 1.27 bits per heavy atom. The van der Waals surface area contributed by atoms with Crippen LogP contribution in [0, 0.1) is 17.7 Å². The van der Waals surface area contributed by atoms with Crippen LogP contribution in [0.4, 0.5) is 17.6 Å². The Balaban J connectivity index is 1.38. The van der Waals surface area contributed by atoms with Crippen molar-refractivity contribution in [3.8, 4) is 0 Å². The maximum atomic E-state index is 15.2. The Labute approximate surface area is 535 Å². The average molecular weight is 1300 g/mol. The second-order valence-electron chi connectivity index (χ2n) is 25.4. The van der Waals surface area contributed by atoms with Crippen LogP contribution < -0.4 is 21.3 Å². The molecule has 2 saturated heterocycles. The second kappa shape index (κ2) is 31.3. The Kier molecular flexibility index (Phi) is 25.0. The van der Waals surface area contributed by atoms with Gasteiger partial charge in [-0.1, -0.05) is 75.8 Å². The minimum absolute atomic E-state index is 0.0210. The molecule has 2 aromatic carbocycles. The lowest BCUT2D eigenvalue weighted by atomic mass is 9.90. The van der Waals surface area contributed by atoms with Crippen molar-refractivity contribution in [3.63, 3.8) is 0 Å². The number of benzene rings is 2. The summed E-state index contributed by atoms with van der Waals surface area (Å²) in [6.07, 6.45) is -0.500. The largest absolute Gasteiger partial charge is 0.417 e. The topological polar surface area (TPSA) is 259 Å². The van der Waals surface area contributed by atoms with E-state index < -0.39 is 160 Å². The number of alkyl halides is 3. The molecule has 1 spiro atoms. The molecule has 11 amide bonds. The Morgan fingerprint density at radius 1 is 0.648 bits per heavy atom. The monoisotopic (exact) mass is 1300 g/mol. The van der Waals surface area contributed by atoms with Gasteiger partial charge < -0.3 is 55.6 Å². The number of hydrogen-bond donors (Lipinski definition) is 4. The summed E-state index contributed by atoms with van der Waals surface area (Å²) in [5.74, 6) is -8.93. The van der Waals surface area contributed by atoms with E-state index in [0.717, 1.165) is 50.6 Å². The van der Waals surface area contributed by atoms with Gasteiger partial charge in [-0.15, -0.1) is 0 Å². The molecule has 6 rings (SSSR count). The molecular formula is C64H90ClF4N11O11. The number of likely N-dealkylation sites (N-methyl/N-ethyl adjacent to an activating group) is 6. The lowest BCUT2D eigenvalue weighted by Crippen LogP contribution is -2.64. The molecule has 1 unspecified atom stereocenters. The van der Waals surface area contributed by atoms with Crippen molar-refractivity contribution in [1.82, 2.24) is 55.6 Å². The molecule has 22 nitrogen and oxygen atoms in total. The van der Waals surface area contributed by atoms with E-state index in [1.165, 1.54) is 95.1 Å². The first kappa shape index (κ1) is 72.7. The van der Waals surface area contributed by atoms with Crippen LogP contribution in [0.1, 0.15) is 135 Å². The number of nitrogens with one attached hydrogen (secondary N) is 4. The number of carbonyl (C=O) groups excluding carboxylic acids is 11. The maximum Gasteiger partial charge on any atom is 0.417 e. The highest BCUT2D eigenvalue weighted by Gasteiger charge is 2.50. The fourth-order valence-electron chi connectivity index (χ4n) is 12.7. The molecule has 4 N–H and O–H groups in total. The van der Waals surface area contributed by atoms with E-state index in [0.29, 0.717) is 38.5 Å². The number of nitrogens with zero attached hydrogens (tertiary/aromatic N) is 7. The van der Waals surface area contributed by atoms with Crippen LogP contribution in [-0.2, 0) is 71.8 Å². The summed E-state index contributed by atoms with van der Waals surface area (Å²) in [7, 11) is 8.14. The van der Waals surface area contributed by atoms with E-state index in [-0.39, 0.29) is 68.5 Å². The quantitative estimate of drug-likeness (QED) is 0.268. The SMILES string of the molecule is CCC(C)[C@@H]1NC(=O)[C@H](C)N(C)C(=O)C[C@@H](C)NC(=O)[C@H](C2CCCC2)N(C)C(=O)C2(CCCC2)NC(=O)[C@@H]2CCCN2C(=O)[C@H](CCc2ccc(C(F)(F)F)c(Cl)c2)NC(=O)[C@@H](C)N(C)C(=O)[C@H](Cc2cccc(F)c2)N(C)C(=O)CN(C)C(=O)CN(C)C1=O. The summed E-state index contributed by atoms with van der Waals surface area (Å²) < 4.78 is 56.1. The lowest BCUT2D eigenvalue weighted by Gasteiger charge is -2.40. The molecule has 0 aromatic heterocycles. The highest BCUT2D eigenvalue weighted by Crippen LogP contribution is 2.38. The predicted octanol–water partition coefficient (Wildman–Crippen LogP) is 4.47. The molecule has 2 saturated carbocycles. The summed E-state index contributed by atoms with van der Waals surface area (Å²) in [4.78, 5) is 167. The van der Waals surface area contributed by atoms with Crippen molar-refractivity contribution in [1.29, 1.82) is 0 Å². The van der Waals surface area contributed by atoms with Crippen LogP contribution in [0.25, 0.3) is 0 Å². The van der Waals surface area contributed by atoms with Gasteiger partial charge in [0.15, 0.2) is 0 Å². The highest BCUT2D eigenvalue weighted by molar-refractivity contribution is 6.31. The fourth-order valence-corrected chi connectivity index (χ4v) is 13.0. The number of hydrogen-bond acceptors (Lipinski definition) is 11. The summed E-state index contributed by atoms with van der Waals surface area (Å²) in [6, 6.07) is -1.29. The first-order valence-electron chi connectivity index (χ1n) is 31.4. The minimum Gasteiger partial charge on any atom is -0.351 e. The molecule has 2 heterocycles. The minimum atomic E-state index is -4.77. The number of aryl methyl sites for hydroxylation is 1. The molecule has 502 valence electrons. The normalized spacial score (nSPS) is 26.7. The van der Waals surface area contributed by atoms with Gasteiger partial charge in [0.25, 0.3) is 0 Å². The third-order valence-electron chi connectivity index (χ3n) is 18.9. The van der Waals surface area contributed by atoms with Crippen molar-refractivity contribution in [2.24, 2.45) is 11.8 Å². The van der Waals surface area contributed by atoms with Crippen LogP contribution in [0.2, 0.25) is 5.02 Å².